The van der Waals surface area contributed by atoms with Gasteiger partial charge in [0.25, 0.3) is 5.91 Å². The molecule has 0 unspecified atom stereocenters. The van der Waals surface area contributed by atoms with E-state index >= 15 is 0 Å². The third-order valence-electron chi connectivity index (χ3n) is 3.35. The molecule has 1 N–H and O–H groups in total. The number of esters is 1. The van der Waals surface area contributed by atoms with Crippen molar-refractivity contribution in [3.8, 4) is 11.5 Å². The molecule has 0 bridgehead atoms. The summed E-state index contributed by atoms with van der Waals surface area (Å²) in [6, 6.07) is 12.3. The second-order valence-electron chi connectivity index (χ2n) is 5.05. The van der Waals surface area contributed by atoms with E-state index in [0.29, 0.717) is 23.6 Å². The first-order valence-electron chi connectivity index (χ1n) is 7.20. The summed E-state index contributed by atoms with van der Waals surface area (Å²) >= 11 is 3.35. The van der Waals surface area contributed by atoms with Gasteiger partial charge in [0, 0.05) is 11.0 Å². The van der Waals surface area contributed by atoms with Gasteiger partial charge in [-0.15, -0.1) is 0 Å². The van der Waals surface area contributed by atoms with Gasteiger partial charge in [-0.3, -0.25) is 4.79 Å². The number of ether oxygens (including phenoxy) is 3. The number of halogens is 1. The Kier molecular flexibility index (Phi) is 5.00. The number of carbonyl (C=O) groups is 2. The molecule has 3 rings (SSSR count). The van der Waals surface area contributed by atoms with Crippen molar-refractivity contribution in [2.45, 2.75) is 6.54 Å². The lowest BCUT2D eigenvalue weighted by atomic mass is 10.2. The maximum Gasteiger partial charge on any atom is 0.338 e. The Morgan fingerprint density at radius 2 is 1.83 bits per heavy atom. The molecule has 1 aliphatic rings. The van der Waals surface area contributed by atoms with Crippen molar-refractivity contribution in [3.63, 3.8) is 0 Å². The fourth-order valence-electron chi connectivity index (χ4n) is 2.09. The van der Waals surface area contributed by atoms with E-state index in [9.17, 15) is 9.59 Å². The van der Waals surface area contributed by atoms with Gasteiger partial charge in [0.05, 0.1) is 5.56 Å². The fourth-order valence-corrected chi connectivity index (χ4v) is 2.36. The predicted molar refractivity (Wildman–Crippen MR) is 88.8 cm³/mol. The molecule has 7 heteroatoms. The summed E-state index contributed by atoms with van der Waals surface area (Å²) in [6.45, 7) is 0.157. The molecular weight excluding hydrogens is 378 g/mol. The van der Waals surface area contributed by atoms with E-state index in [1.807, 2.05) is 24.3 Å². The van der Waals surface area contributed by atoms with Crippen molar-refractivity contribution in [3.05, 3.63) is 58.1 Å². The van der Waals surface area contributed by atoms with Crippen LogP contribution in [-0.4, -0.2) is 25.3 Å². The number of hydrogen-bond donors (Lipinski definition) is 1. The van der Waals surface area contributed by atoms with Gasteiger partial charge in [-0.05, 0) is 35.9 Å². The highest BCUT2D eigenvalue weighted by atomic mass is 79.9. The summed E-state index contributed by atoms with van der Waals surface area (Å²) in [5.41, 5.74) is 1.26. The number of hydrogen-bond acceptors (Lipinski definition) is 5. The van der Waals surface area contributed by atoms with Crippen LogP contribution in [0.2, 0.25) is 0 Å². The molecule has 1 amide bonds. The van der Waals surface area contributed by atoms with Crippen LogP contribution < -0.4 is 14.8 Å². The summed E-state index contributed by atoms with van der Waals surface area (Å²) in [5.74, 6) is 0.113. The van der Waals surface area contributed by atoms with Crippen molar-refractivity contribution in [1.82, 2.24) is 5.32 Å². The zero-order chi connectivity index (χ0) is 16.9. The first-order chi connectivity index (χ1) is 11.6. The lowest BCUT2D eigenvalue weighted by molar-refractivity contribution is -0.124. The molecule has 124 valence electrons. The van der Waals surface area contributed by atoms with Gasteiger partial charge in [0.15, 0.2) is 18.1 Å². The Labute approximate surface area is 146 Å². The fraction of sp³-hybridized carbons (Fsp3) is 0.176. The van der Waals surface area contributed by atoms with Crippen molar-refractivity contribution in [2.24, 2.45) is 0 Å². The lowest BCUT2D eigenvalue weighted by Crippen LogP contribution is -2.28. The summed E-state index contributed by atoms with van der Waals surface area (Å²) in [6.07, 6.45) is 0. The van der Waals surface area contributed by atoms with Gasteiger partial charge in [-0.1, -0.05) is 28.1 Å². The number of nitrogens with one attached hydrogen (secondary N) is 1. The third kappa shape index (κ3) is 4.05. The quantitative estimate of drug-likeness (QED) is 0.793. The highest BCUT2D eigenvalue weighted by Crippen LogP contribution is 2.32. The average molecular weight is 392 g/mol. The standard InChI is InChI=1S/C17H14BrNO5/c18-13-4-1-11(2-5-13)8-19-16(20)9-22-17(21)12-3-6-14-15(7-12)24-10-23-14/h1-7H,8-10H2,(H,19,20). The predicted octanol–water partition coefficient (Wildman–Crippen LogP) is 2.65. The van der Waals surface area contributed by atoms with Crippen LogP contribution in [0.15, 0.2) is 46.9 Å². The Morgan fingerprint density at radius 1 is 1.08 bits per heavy atom. The van der Waals surface area contributed by atoms with Gasteiger partial charge >= 0.3 is 5.97 Å². The number of benzene rings is 2. The van der Waals surface area contributed by atoms with E-state index in [4.69, 9.17) is 14.2 Å². The van der Waals surface area contributed by atoms with Crippen LogP contribution in [0, 0.1) is 0 Å². The van der Waals surface area contributed by atoms with E-state index in [1.165, 1.54) is 6.07 Å². The van der Waals surface area contributed by atoms with E-state index < -0.39 is 5.97 Å². The molecule has 0 atom stereocenters. The molecule has 0 aromatic heterocycles. The van der Waals surface area contributed by atoms with Crippen LogP contribution in [0.4, 0.5) is 0 Å². The Bertz CT molecular complexity index is 760. The number of rotatable bonds is 5. The zero-order valence-electron chi connectivity index (χ0n) is 12.6. The molecule has 0 aliphatic carbocycles. The van der Waals surface area contributed by atoms with Crippen LogP contribution in [0.25, 0.3) is 0 Å². The molecule has 24 heavy (non-hydrogen) atoms. The summed E-state index contributed by atoms with van der Waals surface area (Å²) in [5, 5.41) is 2.69. The maximum absolute atomic E-state index is 12.0. The number of fused-ring (bicyclic) bond motifs is 1. The lowest BCUT2D eigenvalue weighted by Gasteiger charge is -2.07. The Hall–Kier alpha value is -2.54. The largest absolute Gasteiger partial charge is 0.454 e. The van der Waals surface area contributed by atoms with Crippen LogP contribution in [-0.2, 0) is 16.1 Å². The monoisotopic (exact) mass is 391 g/mol. The van der Waals surface area contributed by atoms with E-state index in [2.05, 4.69) is 21.2 Å². The van der Waals surface area contributed by atoms with Gasteiger partial charge in [0.2, 0.25) is 6.79 Å². The van der Waals surface area contributed by atoms with Crippen LogP contribution >= 0.6 is 15.9 Å². The summed E-state index contributed by atoms with van der Waals surface area (Å²) in [4.78, 5) is 23.7. The molecule has 0 radical (unpaired) electrons. The third-order valence-corrected chi connectivity index (χ3v) is 3.87. The first-order valence-corrected chi connectivity index (χ1v) is 7.99. The Morgan fingerprint density at radius 3 is 2.62 bits per heavy atom. The van der Waals surface area contributed by atoms with Crippen molar-refractivity contribution in [1.29, 1.82) is 0 Å². The van der Waals surface area contributed by atoms with Crippen molar-refractivity contribution in [2.75, 3.05) is 13.4 Å². The molecule has 1 heterocycles. The van der Waals surface area contributed by atoms with Crippen molar-refractivity contribution < 1.29 is 23.8 Å². The van der Waals surface area contributed by atoms with E-state index in [1.54, 1.807) is 12.1 Å². The molecular formula is C17H14BrNO5. The van der Waals surface area contributed by atoms with Crippen LogP contribution in [0.3, 0.4) is 0 Å². The normalized spacial score (nSPS) is 11.9. The highest BCUT2D eigenvalue weighted by Gasteiger charge is 2.17. The van der Waals surface area contributed by atoms with E-state index in [0.717, 1.165) is 10.0 Å². The van der Waals surface area contributed by atoms with Gasteiger partial charge < -0.3 is 19.5 Å². The smallest absolute Gasteiger partial charge is 0.338 e. The minimum absolute atomic E-state index is 0.131. The maximum atomic E-state index is 12.0. The molecule has 2 aromatic rings. The topological polar surface area (TPSA) is 73.9 Å². The molecule has 6 nitrogen and oxygen atoms in total. The van der Waals surface area contributed by atoms with Gasteiger partial charge in [-0.25, -0.2) is 4.79 Å². The summed E-state index contributed by atoms with van der Waals surface area (Å²) in [7, 11) is 0. The first kappa shape index (κ1) is 16.3. The second-order valence-corrected chi connectivity index (χ2v) is 5.96. The minimum Gasteiger partial charge on any atom is -0.454 e. The van der Waals surface area contributed by atoms with Gasteiger partial charge in [0.1, 0.15) is 0 Å². The molecule has 0 saturated carbocycles. The van der Waals surface area contributed by atoms with Gasteiger partial charge in [-0.2, -0.15) is 0 Å². The zero-order valence-corrected chi connectivity index (χ0v) is 14.2. The number of amides is 1. The average Bonchev–Trinajstić information content (AvgIpc) is 3.06. The second kappa shape index (κ2) is 7.35. The van der Waals surface area contributed by atoms with E-state index in [-0.39, 0.29) is 19.3 Å². The number of carbonyl (C=O) groups excluding carboxylic acids is 2. The Balaban J connectivity index is 1.47. The molecule has 1 aliphatic heterocycles. The van der Waals surface area contributed by atoms with Crippen LogP contribution in [0.5, 0.6) is 11.5 Å². The molecule has 0 saturated heterocycles. The summed E-state index contributed by atoms with van der Waals surface area (Å²) < 4.78 is 16.3. The van der Waals surface area contributed by atoms with Crippen molar-refractivity contribution >= 4 is 27.8 Å². The highest BCUT2D eigenvalue weighted by molar-refractivity contribution is 9.10. The molecule has 0 spiro atoms. The molecule has 0 fully saturated rings. The SMILES string of the molecule is O=C(COC(=O)c1ccc2c(c1)OCO2)NCc1ccc(Br)cc1. The van der Waals surface area contributed by atoms with Crippen LogP contribution in [0.1, 0.15) is 15.9 Å². The minimum atomic E-state index is -0.591. The molecule has 2 aromatic carbocycles.